The van der Waals surface area contributed by atoms with Crippen LogP contribution in [0.3, 0.4) is 0 Å². The van der Waals surface area contributed by atoms with E-state index in [1.54, 1.807) is 4.90 Å². The van der Waals surface area contributed by atoms with Crippen LogP contribution in [0, 0.1) is 13.8 Å². The largest absolute Gasteiger partial charge is 0.279 e. The average molecular weight is 399 g/mol. The molecule has 0 unspecified atom stereocenters. The summed E-state index contributed by atoms with van der Waals surface area (Å²) in [5.74, 6) is -0.0308. The molecule has 29 heavy (non-hydrogen) atoms. The molecule has 3 aromatic carbocycles. The monoisotopic (exact) mass is 398 g/mol. The molecule has 1 amide bonds. The molecule has 0 bridgehead atoms. The van der Waals surface area contributed by atoms with Crippen LogP contribution in [0.5, 0.6) is 0 Å². The first-order valence-corrected chi connectivity index (χ1v) is 10.4. The molecule has 1 aromatic heterocycles. The minimum atomic E-state index is -0.0308. The van der Waals surface area contributed by atoms with E-state index in [9.17, 15) is 4.79 Å². The van der Waals surface area contributed by atoms with Gasteiger partial charge in [-0.1, -0.05) is 78.4 Å². The first-order chi connectivity index (χ1) is 14.1. The van der Waals surface area contributed by atoms with Crippen LogP contribution in [0.15, 0.2) is 84.2 Å². The maximum atomic E-state index is 13.5. The molecule has 0 saturated heterocycles. The van der Waals surface area contributed by atoms with Gasteiger partial charge in [-0.05, 0) is 31.0 Å². The second-order valence-corrected chi connectivity index (χ2v) is 7.91. The third-order valence-corrected chi connectivity index (χ3v) is 5.74. The van der Waals surface area contributed by atoms with Gasteiger partial charge in [0.2, 0.25) is 0 Å². The number of thiazole rings is 1. The molecule has 4 heteroatoms. The van der Waals surface area contributed by atoms with Gasteiger partial charge in [-0.2, -0.15) is 0 Å². The number of carbonyl (C=O) groups is 1. The van der Waals surface area contributed by atoms with Crippen LogP contribution in [0.2, 0.25) is 0 Å². The first-order valence-electron chi connectivity index (χ1n) is 9.56. The fourth-order valence-electron chi connectivity index (χ4n) is 3.20. The highest BCUT2D eigenvalue weighted by atomic mass is 32.1. The minimum absolute atomic E-state index is 0.0308. The van der Waals surface area contributed by atoms with E-state index in [0.29, 0.717) is 17.2 Å². The minimum Gasteiger partial charge on any atom is -0.279 e. The molecule has 0 aliphatic rings. The van der Waals surface area contributed by atoms with E-state index in [1.165, 1.54) is 16.9 Å². The van der Waals surface area contributed by atoms with Crippen molar-refractivity contribution in [2.75, 3.05) is 4.90 Å². The highest BCUT2D eigenvalue weighted by molar-refractivity contribution is 7.14. The second-order valence-electron chi connectivity index (χ2n) is 7.07. The zero-order valence-electron chi connectivity index (χ0n) is 16.5. The highest BCUT2D eigenvalue weighted by Gasteiger charge is 2.22. The Bertz CT molecular complexity index is 1120. The molecule has 4 rings (SSSR count). The third kappa shape index (κ3) is 4.28. The summed E-state index contributed by atoms with van der Waals surface area (Å²) < 4.78 is 0. The Morgan fingerprint density at radius 2 is 1.59 bits per heavy atom. The van der Waals surface area contributed by atoms with Gasteiger partial charge in [-0.3, -0.25) is 9.69 Å². The lowest BCUT2D eigenvalue weighted by Crippen LogP contribution is -2.30. The summed E-state index contributed by atoms with van der Waals surface area (Å²) in [5, 5.41) is 2.72. The van der Waals surface area contributed by atoms with Crippen molar-refractivity contribution >= 4 is 22.4 Å². The van der Waals surface area contributed by atoms with Crippen molar-refractivity contribution in [1.82, 2.24) is 4.98 Å². The van der Waals surface area contributed by atoms with Crippen LogP contribution in [-0.2, 0) is 6.54 Å². The number of anilines is 1. The Balaban J connectivity index is 1.71. The van der Waals surface area contributed by atoms with Gasteiger partial charge in [-0.25, -0.2) is 4.98 Å². The molecule has 0 spiro atoms. The molecule has 0 aliphatic heterocycles. The summed E-state index contributed by atoms with van der Waals surface area (Å²) in [4.78, 5) is 20.0. The third-order valence-electron chi connectivity index (χ3n) is 4.87. The van der Waals surface area contributed by atoms with Gasteiger partial charge in [0.1, 0.15) is 0 Å². The van der Waals surface area contributed by atoms with Crippen molar-refractivity contribution in [2.24, 2.45) is 0 Å². The van der Waals surface area contributed by atoms with Crippen LogP contribution < -0.4 is 4.90 Å². The number of hydrogen-bond acceptors (Lipinski definition) is 3. The number of amides is 1. The predicted octanol–water partition coefficient (Wildman–Crippen LogP) is 6.27. The number of aryl methyl sites for hydroxylation is 2. The summed E-state index contributed by atoms with van der Waals surface area (Å²) in [6.45, 7) is 4.51. The van der Waals surface area contributed by atoms with E-state index in [1.807, 2.05) is 66.9 Å². The summed E-state index contributed by atoms with van der Waals surface area (Å²) in [7, 11) is 0. The van der Waals surface area contributed by atoms with E-state index >= 15 is 0 Å². The van der Waals surface area contributed by atoms with Crippen molar-refractivity contribution in [3.05, 3.63) is 106 Å². The molecule has 144 valence electrons. The van der Waals surface area contributed by atoms with Crippen molar-refractivity contribution in [3.63, 3.8) is 0 Å². The van der Waals surface area contributed by atoms with E-state index < -0.39 is 0 Å². The Morgan fingerprint density at radius 1 is 0.897 bits per heavy atom. The number of rotatable bonds is 5. The summed E-state index contributed by atoms with van der Waals surface area (Å²) in [6, 6.07) is 26.0. The van der Waals surface area contributed by atoms with E-state index in [0.717, 1.165) is 22.4 Å². The smallest absolute Gasteiger partial charge is 0.260 e. The van der Waals surface area contributed by atoms with E-state index in [4.69, 9.17) is 4.98 Å². The SMILES string of the molecule is Cc1ccc(-c2csc(N(Cc3ccccc3)C(=O)c3ccccc3C)n2)cc1. The fraction of sp³-hybridized carbons (Fsp3) is 0.120. The Kier molecular flexibility index (Phi) is 5.54. The van der Waals surface area contributed by atoms with Gasteiger partial charge in [0.05, 0.1) is 12.2 Å². The molecule has 0 aliphatic carbocycles. The topological polar surface area (TPSA) is 33.2 Å². The van der Waals surface area contributed by atoms with Crippen LogP contribution in [0.4, 0.5) is 5.13 Å². The van der Waals surface area contributed by atoms with E-state index in [-0.39, 0.29) is 5.91 Å². The van der Waals surface area contributed by atoms with Crippen LogP contribution in [0.1, 0.15) is 27.0 Å². The zero-order valence-corrected chi connectivity index (χ0v) is 17.3. The van der Waals surface area contributed by atoms with Crippen molar-refractivity contribution in [3.8, 4) is 11.3 Å². The lowest BCUT2D eigenvalue weighted by atomic mass is 10.1. The first kappa shape index (κ1) is 19.1. The number of carbonyl (C=O) groups excluding carboxylic acids is 1. The molecule has 0 radical (unpaired) electrons. The quantitative estimate of drug-likeness (QED) is 0.397. The summed E-state index contributed by atoms with van der Waals surface area (Å²) in [5.41, 5.74) is 5.90. The maximum Gasteiger partial charge on any atom is 0.260 e. The summed E-state index contributed by atoms with van der Waals surface area (Å²) in [6.07, 6.45) is 0. The molecule has 4 aromatic rings. The number of nitrogens with zero attached hydrogens (tertiary/aromatic N) is 2. The van der Waals surface area contributed by atoms with Crippen LogP contribution in [-0.4, -0.2) is 10.9 Å². The Morgan fingerprint density at radius 3 is 2.31 bits per heavy atom. The van der Waals surface area contributed by atoms with Crippen LogP contribution in [0.25, 0.3) is 11.3 Å². The Labute approximate surface area is 175 Å². The molecule has 0 atom stereocenters. The van der Waals surface area contributed by atoms with E-state index in [2.05, 4.69) is 31.2 Å². The lowest BCUT2D eigenvalue weighted by molar-refractivity contribution is 0.0984. The highest BCUT2D eigenvalue weighted by Crippen LogP contribution is 2.30. The number of aromatic nitrogens is 1. The standard InChI is InChI=1S/C25H22N2OS/c1-18-12-14-21(15-13-18)23-17-29-25(26-23)27(16-20-9-4-3-5-10-20)24(28)22-11-7-6-8-19(22)2/h3-15,17H,16H2,1-2H3. The summed E-state index contributed by atoms with van der Waals surface area (Å²) >= 11 is 1.50. The Hall–Kier alpha value is -3.24. The molecule has 1 heterocycles. The number of hydrogen-bond donors (Lipinski definition) is 0. The van der Waals surface area contributed by atoms with Crippen LogP contribution >= 0.6 is 11.3 Å². The van der Waals surface area contributed by atoms with Gasteiger partial charge < -0.3 is 0 Å². The van der Waals surface area contributed by atoms with Gasteiger partial charge in [0.25, 0.3) is 5.91 Å². The lowest BCUT2D eigenvalue weighted by Gasteiger charge is -2.21. The molecular weight excluding hydrogens is 376 g/mol. The molecule has 3 nitrogen and oxygen atoms in total. The number of benzene rings is 3. The maximum absolute atomic E-state index is 13.5. The molecule has 0 saturated carbocycles. The molecule has 0 fully saturated rings. The molecular formula is C25H22N2OS. The van der Waals surface area contributed by atoms with Gasteiger partial charge in [0, 0.05) is 16.5 Å². The second kappa shape index (κ2) is 8.41. The van der Waals surface area contributed by atoms with Crippen molar-refractivity contribution < 1.29 is 4.79 Å². The van der Waals surface area contributed by atoms with Gasteiger partial charge in [0.15, 0.2) is 5.13 Å². The van der Waals surface area contributed by atoms with Gasteiger partial charge >= 0.3 is 0 Å². The van der Waals surface area contributed by atoms with Gasteiger partial charge in [-0.15, -0.1) is 11.3 Å². The predicted molar refractivity (Wildman–Crippen MR) is 120 cm³/mol. The zero-order chi connectivity index (χ0) is 20.2. The fourth-order valence-corrected chi connectivity index (χ4v) is 4.03. The normalized spacial score (nSPS) is 10.7. The van der Waals surface area contributed by atoms with Crippen molar-refractivity contribution in [1.29, 1.82) is 0 Å². The average Bonchev–Trinajstić information content (AvgIpc) is 3.23. The molecule has 0 N–H and O–H groups in total. The van der Waals surface area contributed by atoms with Crippen molar-refractivity contribution in [2.45, 2.75) is 20.4 Å².